The van der Waals surface area contributed by atoms with Crippen LogP contribution in [0.5, 0.6) is 0 Å². The molecule has 3 nitrogen and oxygen atoms in total. The van der Waals surface area contributed by atoms with E-state index in [-0.39, 0.29) is 11.9 Å². The summed E-state index contributed by atoms with van der Waals surface area (Å²) < 4.78 is 0. The second-order valence-electron chi connectivity index (χ2n) is 4.88. The first kappa shape index (κ1) is 14.6. The van der Waals surface area contributed by atoms with Gasteiger partial charge >= 0.3 is 0 Å². The Bertz CT molecular complexity index is 357. The van der Waals surface area contributed by atoms with Gasteiger partial charge in [-0.05, 0) is 44.4 Å². The van der Waals surface area contributed by atoms with E-state index >= 15 is 0 Å². The molecule has 0 saturated heterocycles. The quantitative estimate of drug-likeness (QED) is 0.779. The van der Waals surface area contributed by atoms with Crippen molar-refractivity contribution in [3.63, 3.8) is 0 Å². The van der Waals surface area contributed by atoms with Crippen molar-refractivity contribution in [3.8, 4) is 0 Å². The molecule has 0 atom stereocenters. The molecule has 3 heteroatoms. The third-order valence-corrected chi connectivity index (χ3v) is 2.68. The van der Waals surface area contributed by atoms with E-state index in [1.807, 2.05) is 26.0 Å². The lowest BCUT2D eigenvalue weighted by Crippen LogP contribution is -2.34. The molecule has 0 aliphatic rings. The number of rotatable bonds is 7. The molecule has 0 aliphatic carbocycles. The SMILES string of the molecule is CCCCc1ccc(NCC(=O)NC(C)C)cc1. The zero-order valence-electron chi connectivity index (χ0n) is 11.6. The van der Waals surface area contributed by atoms with Gasteiger partial charge in [0.05, 0.1) is 6.54 Å². The second-order valence-corrected chi connectivity index (χ2v) is 4.88. The first-order valence-corrected chi connectivity index (χ1v) is 6.74. The molecule has 1 aromatic carbocycles. The van der Waals surface area contributed by atoms with Crippen molar-refractivity contribution < 1.29 is 4.79 Å². The van der Waals surface area contributed by atoms with Gasteiger partial charge in [-0.3, -0.25) is 4.79 Å². The minimum Gasteiger partial charge on any atom is -0.376 e. The molecule has 18 heavy (non-hydrogen) atoms. The van der Waals surface area contributed by atoms with Crippen LogP contribution < -0.4 is 10.6 Å². The number of amides is 1. The number of carbonyl (C=O) groups is 1. The Balaban J connectivity index is 2.37. The molecular formula is C15H24N2O. The van der Waals surface area contributed by atoms with Gasteiger partial charge in [0.15, 0.2) is 0 Å². The second kappa shape index (κ2) is 7.75. The van der Waals surface area contributed by atoms with Crippen molar-refractivity contribution in [1.82, 2.24) is 5.32 Å². The molecule has 0 heterocycles. The van der Waals surface area contributed by atoms with Crippen LogP contribution in [0, 0.1) is 0 Å². The van der Waals surface area contributed by atoms with E-state index in [9.17, 15) is 4.79 Å². The summed E-state index contributed by atoms with van der Waals surface area (Å²) in [6.45, 7) is 6.44. The summed E-state index contributed by atoms with van der Waals surface area (Å²) in [5.74, 6) is 0.0278. The Hall–Kier alpha value is -1.51. The lowest BCUT2D eigenvalue weighted by molar-refractivity contribution is -0.119. The Kier molecular flexibility index (Phi) is 6.26. The first-order valence-electron chi connectivity index (χ1n) is 6.74. The molecule has 2 N–H and O–H groups in total. The van der Waals surface area contributed by atoms with Crippen LogP contribution in [0.1, 0.15) is 39.2 Å². The monoisotopic (exact) mass is 248 g/mol. The summed E-state index contributed by atoms with van der Waals surface area (Å²) in [4.78, 5) is 11.5. The van der Waals surface area contributed by atoms with Gasteiger partial charge in [-0.25, -0.2) is 0 Å². The highest BCUT2D eigenvalue weighted by atomic mass is 16.1. The molecular weight excluding hydrogens is 224 g/mol. The number of anilines is 1. The molecule has 0 fully saturated rings. The summed E-state index contributed by atoms with van der Waals surface area (Å²) in [5.41, 5.74) is 2.35. The lowest BCUT2D eigenvalue weighted by Gasteiger charge is -2.10. The van der Waals surface area contributed by atoms with Gasteiger partial charge in [0.25, 0.3) is 0 Å². The van der Waals surface area contributed by atoms with Crippen molar-refractivity contribution in [2.45, 2.75) is 46.1 Å². The van der Waals surface area contributed by atoms with E-state index in [1.165, 1.54) is 18.4 Å². The van der Waals surface area contributed by atoms with Gasteiger partial charge in [0.2, 0.25) is 5.91 Å². The Labute approximate surface area is 110 Å². The number of unbranched alkanes of at least 4 members (excludes halogenated alkanes) is 1. The maximum atomic E-state index is 11.5. The number of aryl methyl sites for hydroxylation is 1. The third-order valence-electron chi connectivity index (χ3n) is 2.68. The summed E-state index contributed by atoms with van der Waals surface area (Å²) in [7, 11) is 0. The van der Waals surface area contributed by atoms with Crippen molar-refractivity contribution in [1.29, 1.82) is 0 Å². The minimum atomic E-state index is 0.0278. The molecule has 0 bridgehead atoms. The minimum absolute atomic E-state index is 0.0278. The van der Waals surface area contributed by atoms with Gasteiger partial charge in [0, 0.05) is 11.7 Å². The van der Waals surface area contributed by atoms with Crippen LogP contribution in [0.15, 0.2) is 24.3 Å². The fourth-order valence-corrected chi connectivity index (χ4v) is 1.73. The van der Waals surface area contributed by atoms with Crippen molar-refractivity contribution in [2.75, 3.05) is 11.9 Å². The number of hydrogen-bond acceptors (Lipinski definition) is 2. The Morgan fingerprint density at radius 2 is 1.89 bits per heavy atom. The van der Waals surface area contributed by atoms with Crippen molar-refractivity contribution >= 4 is 11.6 Å². The molecule has 0 saturated carbocycles. The molecule has 1 amide bonds. The van der Waals surface area contributed by atoms with Crippen LogP contribution in [0.25, 0.3) is 0 Å². The van der Waals surface area contributed by atoms with Crippen LogP contribution in [0.3, 0.4) is 0 Å². The van der Waals surface area contributed by atoms with Gasteiger partial charge in [-0.1, -0.05) is 25.5 Å². The smallest absolute Gasteiger partial charge is 0.239 e. The van der Waals surface area contributed by atoms with E-state index < -0.39 is 0 Å². The van der Waals surface area contributed by atoms with E-state index in [4.69, 9.17) is 0 Å². The van der Waals surface area contributed by atoms with Crippen molar-refractivity contribution in [2.24, 2.45) is 0 Å². The summed E-state index contributed by atoms with van der Waals surface area (Å²) in [6.07, 6.45) is 3.57. The largest absolute Gasteiger partial charge is 0.376 e. The van der Waals surface area contributed by atoms with Crippen LogP contribution >= 0.6 is 0 Å². The molecule has 1 rings (SSSR count). The van der Waals surface area contributed by atoms with Crippen LogP contribution in [-0.2, 0) is 11.2 Å². The lowest BCUT2D eigenvalue weighted by atomic mass is 10.1. The average molecular weight is 248 g/mol. The predicted octanol–water partition coefficient (Wildman–Crippen LogP) is 2.97. The van der Waals surface area contributed by atoms with E-state index in [0.717, 1.165) is 12.1 Å². The summed E-state index contributed by atoms with van der Waals surface area (Å²) >= 11 is 0. The number of carbonyl (C=O) groups excluding carboxylic acids is 1. The maximum Gasteiger partial charge on any atom is 0.239 e. The highest BCUT2D eigenvalue weighted by Crippen LogP contribution is 2.11. The van der Waals surface area contributed by atoms with Crippen molar-refractivity contribution in [3.05, 3.63) is 29.8 Å². The van der Waals surface area contributed by atoms with Gasteiger partial charge in [-0.2, -0.15) is 0 Å². The molecule has 0 aliphatic heterocycles. The number of benzene rings is 1. The zero-order valence-corrected chi connectivity index (χ0v) is 11.6. The normalized spacial score (nSPS) is 10.4. The summed E-state index contributed by atoms with van der Waals surface area (Å²) in [5, 5.41) is 5.97. The van der Waals surface area contributed by atoms with Gasteiger partial charge < -0.3 is 10.6 Å². The van der Waals surface area contributed by atoms with E-state index in [0.29, 0.717) is 6.54 Å². The number of nitrogens with one attached hydrogen (secondary N) is 2. The highest BCUT2D eigenvalue weighted by Gasteiger charge is 2.02. The predicted molar refractivity (Wildman–Crippen MR) is 76.8 cm³/mol. The zero-order chi connectivity index (χ0) is 13.4. The molecule has 0 radical (unpaired) electrons. The van der Waals surface area contributed by atoms with Crippen LogP contribution in [0.4, 0.5) is 5.69 Å². The Morgan fingerprint density at radius 3 is 2.44 bits per heavy atom. The average Bonchev–Trinajstić information content (AvgIpc) is 2.34. The standard InChI is InChI=1S/C15H24N2O/c1-4-5-6-13-7-9-14(10-8-13)16-11-15(18)17-12(2)3/h7-10,12,16H,4-6,11H2,1-3H3,(H,17,18). The van der Waals surface area contributed by atoms with E-state index in [1.54, 1.807) is 0 Å². The van der Waals surface area contributed by atoms with Gasteiger partial charge in [0.1, 0.15) is 0 Å². The third kappa shape index (κ3) is 5.71. The number of hydrogen-bond donors (Lipinski definition) is 2. The topological polar surface area (TPSA) is 41.1 Å². The molecule has 0 aromatic heterocycles. The van der Waals surface area contributed by atoms with Gasteiger partial charge in [-0.15, -0.1) is 0 Å². The Morgan fingerprint density at radius 1 is 1.22 bits per heavy atom. The maximum absolute atomic E-state index is 11.5. The fraction of sp³-hybridized carbons (Fsp3) is 0.533. The van der Waals surface area contributed by atoms with E-state index in [2.05, 4.69) is 29.7 Å². The molecule has 0 unspecified atom stereocenters. The van der Waals surface area contributed by atoms with Crippen LogP contribution in [-0.4, -0.2) is 18.5 Å². The highest BCUT2D eigenvalue weighted by molar-refractivity contribution is 5.80. The molecule has 1 aromatic rings. The van der Waals surface area contributed by atoms with Crippen LogP contribution in [0.2, 0.25) is 0 Å². The molecule has 100 valence electrons. The fourth-order valence-electron chi connectivity index (χ4n) is 1.73. The summed E-state index contributed by atoms with van der Waals surface area (Å²) in [6, 6.07) is 8.51. The first-order chi connectivity index (χ1) is 8.61. The molecule has 0 spiro atoms.